The predicted molar refractivity (Wildman–Crippen MR) is 76.3 cm³/mol. The van der Waals surface area contributed by atoms with Crippen LogP contribution in [0.1, 0.15) is 36.0 Å². The van der Waals surface area contributed by atoms with Gasteiger partial charge in [0.2, 0.25) is 0 Å². The van der Waals surface area contributed by atoms with E-state index in [2.05, 4.69) is 10.3 Å². The smallest absolute Gasteiger partial charge is 0.251 e. The fourth-order valence-electron chi connectivity index (χ4n) is 2.45. The minimum atomic E-state index is -0.195. The number of aliphatic hydroxyl groups excluding tert-OH is 1. The van der Waals surface area contributed by atoms with Gasteiger partial charge in [-0.2, -0.15) is 0 Å². The third kappa shape index (κ3) is 4.21. The quantitative estimate of drug-likeness (QED) is 0.829. The van der Waals surface area contributed by atoms with Crippen LogP contribution < -0.4 is 5.32 Å². The van der Waals surface area contributed by atoms with Gasteiger partial charge < -0.3 is 10.4 Å². The summed E-state index contributed by atoms with van der Waals surface area (Å²) in [5.74, 6) is 0.340. The lowest BCUT2D eigenvalue weighted by molar-refractivity contribution is 0.0873. The van der Waals surface area contributed by atoms with Crippen molar-refractivity contribution in [2.24, 2.45) is 5.92 Å². The Bertz CT molecular complexity index is 439. The number of hydrogen-bond donors (Lipinski definition) is 2. The second kappa shape index (κ2) is 6.91. The lowest BCUT2D eigenvalue weighted by Crippen LogP contribution is -2.33. The molecular weight excluding hydrogens is 260 g/mol. The Balaban J connectivity index is 1.86. The zero-order valence-electron chi connectivity index (χ0n) is 11.1. The van der Waals surface area contributed by atoms with Crippen LogP contribution in [0.2, 0.25) is 0 Å². The van der Waals surface area contributed by atoms with Crippen LogP contribution in [0.15, 0.2) is 23.4 Å². The second-order valence-electron chi connectivity index (χ2n) is 4.98. The molecule has 1 amide bonds. The van der Waals surface area contributed by atoms with Gasteiger partial charge in [0, 0.05) is 18.3 Å². The molecule has 1 heterocycles. The molecule has 1 aromatic rings. The van der Waals surface area contributed by atoms with Crippen LogP contribution in [0.4, 0.5) is 0 Å². The number of carbonyl (C=O) groups excluding carboxylic acids is 1. The maximum absolute atomic E-state index is 12.0. The molecule has 1 aromatic heterocycles. The Labute approximate surface area is 118 Å². The molecule has 1 saturated carbocycles. The second-order valence-corrected chi connectivity index (χ2v) is 5.81. The summed E-state index contributed by atoms with van der Waals surface area (Å²) in [6, 6.07) is 3.53. The van der Waals surface area contributed by atoms with E-state index in [9.17, 15) is 9.90 Å². The molecule has 4 nitrogen and oxygen atoms in total. The lowest BCUT2D eigenvalue weighted by Gasteiger charge is -2.25. The summed E-state index contributed by atoms with van der Waals surface area (Å²) in [6.07, 6.45) is 7.23. The molecule has 1 fully saturated rings. The molecular formula is C14H20N2O2S. The summed E-state index contributed by atoms with van der Waals surface area (Å²) < 4.78 is 0. The zero-order chi connectivity index (χ0) is 13.7. The van der Waals surface area contributed by atoms with Crippen LogP contribution in [-0.4, -0.2) is 34.9 Å². The van der Waals surface area contributed by atoms with Crippen LogP contribution in [0, 0.1) is 5.92 Å². The largest absolute Gasteiger partial charge is 0.393 e. The Morgan fingerprint density at radius 1 is 1.58 bits per heavy atom. The number of aliphatic hydroxyl groups is 1. The standard InChI is InChI=1S/C14H20N2O2S/c1-19-13-8-11(5-6-15-13)14(18)16-9-10-3-2-4-12(17)7-10/h5-6,8,10,12,17H,2-4,7,9H2,1H3,(H,16,18). The van der Waals surface area contributed by atoms with Crippen molar-refractivity contribution >= 4 is 17.7 Å². The van der Waals surface area contributed by atoms with Gasteiger partial charge in [-0.25, -0.2) is 4.98 Å². The Hall–Kier alpha value is -1.07. The van der Waals surface area contributed by atoms with Gasteiger partial charge in [0.25, 0.3) is 5.91 Å². The van der Waals surface area contributed by atoms with E-state index >= 15 is 0 Å². The minimum absolute atomic E-state index is 0.0576. The van der Waals surface area contributed by atoms with Gasteiger partial charge in [-0.05, 0) is 43.6 Å². The molecule has 2 rings (SSSR count). The number of carbonyl (C=O) groups is 1. The first-order valence-electron chi connectivity index (χ1n) is 6.65. The fourth-order valence-corrected chi connectivity index (χ4v) is 2.86. The third-order valence-electron chi connectivity index (χ3n) is 3.51. The molecule has 5 heteroatoms. The number of pyridine rings is 1. The van der Waals surface area contributed by atoms with Crippen LogP contribution in [0.3, 0.4) is 0 Å². The van der Waals surface area contributed by atoms with E-state index in [1.165, 1.54) is 11.8 Å². The summed E-state index contributed by atoms with van der Waals surface area (Å²) >= 11 is 1.52. The van der Waals surface area contributed by atoms with Gasteiger partial charge in [0.1, 0.15) is 0 Å². The summed E-state index contributed by atoms with van der Waals surface area (Å²) in [5.41, 5.74) is 0.649. The van der Waals surface area contributed by atoms with Crippen molar-refractivity contribution in [3.05, 3.63) is 23.9 Å². The number of thioether (sulfide) groups is 1. The van der Waals surface area contributed by atoms with Gasteiger partial charge in [0.15, 0.2) is 0 Å². The van der Waals surface area contributed by atoms with Gasteiger partial charge in [-0.15, -0.1) is 11.8 Å². The highest BCUT2D eigenvalue weighted by atomic mass is 32.2. The van der Waals surface area contributed by atoms with Crippen molar-refractivity contribution in [1.82, 2.24) is 10.3 Å². The lowest BCUT2D eigenvalue weighted by atomic mass is 9.87. The Morgan fingerprint density at radius 3 is 3.16 bits per heavy atom. The minimum Gasteiger partial charge on any atom is -0.393 e. The van der Waals surface area contributed by atoms with E-state index < -0.39 is 0 Å². The first kappa shape index (κ1) is 14.3. The number of hydrogen-bond acceptors (Lipinski definition) is 4. The number of amides is 1. The molecule has 1 aliphatic rings. The number of nitrogens with zero attached hydrogens (tertiary/aromatic N) is 1. The molecule has 0 aromatic carbocycles. The van der Waals surface area contributed by atoms with Crippen molar-refractivity contribution in [3.63, 3.8) is 0 Å². The molecule has 2 unspecified atom stereocenters. The molecule has 0 aliphatic heterocycles. The van der Waals surface area contributed by atoms with E-state index in [1.54, 1.807) is 18.3 Å². The highest BCUT2D eigenvalue weighted by Crippen LogP contribution is 2.23. The summed E-state index contributed by atoms with van der Waals surface area (Å²) in [5, 5.41) is 13.4. The van der Waals surface area contributed by atoms with E-state index in [-0.39, 0.29) is 12.0 Å². The predicted octanol–water partition coefficient (Wildman–Crippen LogP) is 2.08. The average Bonchev–Trinajstić information content (AvgIpc) is 2.45. The first-order valence-corrected chi connectivity index (χ1v) is 7.88. The molecule has 104 valence electrons. The third-order valence-corrected chi connectivity index (χ3v) is 4.15. The molecule has 1 aliphatic carbocycles. The van der Waals surface area contributed by atoms with Gasteiger partial charge in [-0.3, -0.25) is 4.79 Å². The van der Waals surface area contributed by atoms with E-state index in [0.29, 0.717) is 18.0 Å². The van der Waals surface area contributed by atoms with Crippen molar-refractivity contribution in [3.8, 4) is 0 Å². The Kier molecular flexibility index (Phi) is 5.22. The highest BCUT2D eigenvalue weighted by Gasteiger charge is 2.20. The Morgan fingerprint density at radius 2 is 2.42 bits per heavy atom. The molecule has 0 radical (unpaired) electrons. The van der Waals surface area contributed by atoms with Gasteiger partial charge >= 0.3 is 0 Å². The molecule has 0 saturated heterocycles. The maximum atomic E-state index is 12.0. The maximum Gasteiger partial charge on any atom is 0.251 e. The summed E-state index contributed by atoms with van der Waals surface area (Å²) in [4.78, 5) is 16.2. The number of rotatable bonds is 4. The molecule has 0 bridgehead atoms. The van der Waals surface area contributed by atoms with Crippen LogP contribution in [0.25, 0.3) is 0 Å². The van der Waals surface area contributed by atoms with Crippen LogP contribution >= 0.6 is 11.8 Å². The van der Waals surface area contributed by atoms with E-state index in [4.69, 9.17) is 0 Å². The summed E-state index contributed by atoms with van der Waals surface area (Å²) in [7, 11) is 0. The SMILES string of the molecule is CSc1cc(C(=O)NCC2CCCC(O)C2)ccn1. The van der Waals surface area contributed by atoms with Crippen molar-refractivity contribution in [2.75, 3.05) is 12.8 Å². The number of aromatic nitrogens is 1. The molecule has 0 spiro atoms. The number of nitrogens with one attached hydrogen (secondary N) is 1. The summed E-state index contributed by atoms with van der Waals surface area (Å²) in [6.45, 7) is 0.646. The molecule has 2 N–H and O–H groups in total. The van der Waals surface area contributed by atoms with Crippen LogP contribution in [0.5, 0.6) is 0 Å². The van der Waals surface area contributed by atoms with Gasteiger partial charge in [0.05, 0.1) is 11.1 Å². The topological polar surface area (TPSA) is 62.2 Å². The van der Waals surface area contributed by atoms with Crippen LogP contribution in [-0.2, 0) is 0 Å². The van der Waals surface area contributed by atoms with E-state index in [1.807, 2.05) is 6.26 Å². The molecule has 19 heavy (non-hydrogen) atoms. The first-order chi connectivity index (χ1) is 9.19. The fraction of sp³-hybridized carbons (Fsp3) is 0.571. The highest BCUT2D eigenvalue weighted by molar-refractivity contribution is 7.98. The zero-order valence-corrected chi connectivity index (χ0v) is 11.9. The van der Waals surface area contributed by atoms with Crippen molar-refractivity contribution < 1.29 is 9.90 Å². The van der Waals surface area contributed by atoms with E-state index in [0.717, 1.165) is 30.7 Å². The van der Waals surface area contributed by atoms with Crippen molar-refractivity contribution in [2.45, 2.75) is 36.8 Å². The normalized spacial score (nSPS) is 23.1. The average molecular weight is 280 g/mol. The van der Waals surface area contributed by atoms with Crippen molar-refractivity contribution in [1.29, 1.82) is 0 Å². The molecule has 2 atom stereocenters. The van der Waals surface area contributed by atoms with Gasteiger partial charge in [-0.1, -0.05) is 6.42 Å². The monoisotopic (exact) mass is 280 g/mol.